The normalized spacial score (nSPS) is 17.5. The molecule has 0 atom stereocenters. The molecule has 15 heavy (non-hydrogen) atoms. The Morgan fingerprint density at radius 3 is 2.67 bits per heavy atom. The topological polar surface area (TPSA) is 37.3 Å². The number of carbonyl (C=O) groups is 1. The molecule has 0 heterocycles. The van der Waals surface area contributed by atoms with Gasteiger partial charge >= 0.3 is 5.97 Å². The standard InChI is InChI=1S/C12H13BrO2/c1-8-2-3-9(6-10(8)13)7-12(4-5-12)11(14)15/h2-3,6H,4-5,7H2,1H3,(H,14,15). The van der Waals surface area contributed by atoms with Gasteiger partial charge in [-0.1, -0.05) is 28.1 Å². The van der Waals surface area contributed by atoms with Crippen LogP contribution in [0.15, 0.2) is 22.7 Å². The molecule has 1 N–H and O–H groups in total. The molecule has 0 spiro atoms. The van der Waals surface area contributed by atoms with Crippen LogP contribution in [0.5, 0.6) is 0 Å². The molecule has 2 nitrogen and oxygen atoms in total. The highest BCUT2D eigenvalue weighted by molar-refractivity contribution is 9.10. The summed E-state index contributed by atoms with van der Waals surface area (Å²) in [6.07, 6.45) is 2.28. The Hall–Kier alpha value is -0.830. The van der Waals surface area contributed by atoms with E-state index in [1.54, 1.807) is 0 Å². The minimum absolute atomic E-state index is 0.464. The molecule has 0 aliphatic heterocycles. The molecule has 1 fully saturated rings. The number of hydrogen-bond donors (Lipinski definition) is 1. The molecule has 1 aromatic rings. The van der Waals surface area contributed by atoms with E-state index in [1.807, 2.05) is 25.1 Å². The predicted octanol–water partition coefficient (Wildman–Crippen LogP) is 3.16. The lowest BCUT2D eigenvalue weighted by Crippen LogP contribution is -2.17. The third kappa shape index (κ3) is 2.07. The monoisotopic (exact) mass is 268 g/mol. The van der Waals surface area contributed by atoms with E-state index in [9.17, 15) is 4.79 Å². The first-order valence-electron chi connectivity index (χ1n) is 5.02. The van der Waals surface area contributed by atoms with E-state index in [1.165, 1.54) is 5.56 Å². The van der Waals surface area contributed by atoms with Gasteiger partial charge in [0, 0.05) is 4.47 Å². The zero-order chi connectivity index (χ0) is 11.1. The number of aliphatic carboxylic acids is 1. The molecule has 2 rings (SSSR count). The van der Waals surface area contributed by atoms with E-state index in [2.05, 4.69) is 15.9 Å². The summed E-state index contributed by atoms with van der Waals surface area (Å²) in [7, 11) is 0. The Morgan fingerprint density at radius 1 is 1.53 bits per heavy atom. The van der Waals surface area contributed by atoms with Gasteiger partial charge < -0.3 is 5.11 Å². The van der Waals surface area contributed by atoms with Crippen LogP contribution in [-0.2, 0) is 11.2 Å². The average Bonchev–Trinajstić information content (AvgIpc) is 2.93. The highest BCUT2D eigenvalue weighted by Gasteiger charge is 2.49. The van der Waals surface area contributed by atoms with Crippen LogP contribution >= 0.6 is 15.9 Å². The molecule has 1 saturated carbocycles. The molecule has 80 valence electrons. The first-order valence-corrected chi connectivity index (χ1v) is 5.81. The molecule has 0 amide bonds. The van der Waals surface area contributed by atoms with E-state index in [0.29, 0.717) is 6.42 Å². The van der Waals surface area contributed by atoms with Crippen LogP contribution in [0.25, 0.3) is 0 Å². The summed E-state index contributed by atoms with van der Waals surface area (Å²) in [5, 5.41) is 9.08. The van der Waals surface area contributed by atoms with Crippen LogP contribution in [0.2, 0.25) is 0 Å². The maximum absolute atomic E-state index is 11.0. The third-order valence-corrected chi connectivity index (χ3v) is 3.94. The lowest BCUT2D eigenvalue weighted by atomic mass is 9.96. The molecule has 0 unspecified atom stereocenters. The van der Waals surface area contributed by atoms with Crippen molar-refractivity contribution in [2.45, 2.75) is 26.2 Å². The minimum Gasteiger partial charge on any atom is -0.481 e. The van der Waals surface area contributed by atoms with Crippen LogP contribution in [0.1, 0.15) is 24.0 Å². The molecule has 1 aliphatic carbocycles. The quantitative estimate of drug-likeness (QED) is 0.915. The van der Waals surface area contributed by atoms with E-state index in [4.69, 9.17) is 5.11 Å². The third-order valence-electron chi connectivity index (χ3n) is 3.09. The van der Waals surface area contributed by atoms with Crippen LogP contribution in [0.4, 0.5) is 0 Å². The summed E-state index contributed by atoms with van der Waals surface area (Å²) in [4.78, 5) is 11.0. The van der Waals surface area contributed by atoms with Gasteiger partial charge in [-0.2, -0.15) is 0 Å². The summed E-state index contributed by atoms with van der Waals surface area (Å²) in [6, 6.07) is 6.07. The van der Waals surface area contributed by atoms with Crippen molar-refractivity contribution in [2.24, 2.45) is 5.41 Å². The fourth-order valence-corrected chi connectivity index (χ4v) is 2.18. The van der Waals surface area contributed by atoms with Gasteiger partial charge in [-0.15, -0.1) is 0 Å². The zero-order valence-electron chi connectivity index (χ0n) is 8.59. The molecule has 0 radical (unpaired) electrons. The summed E-state index contributed by atoms with van der Waals surface area (Å²) >= 11 is 3.46. The SMILES string of the molecule is Cc1ccc(CC2(C(=O)O)CC2)cc1Br. The molecule has 3 heteroatoms. The van der Waals surface area contributed by atoms with Crippen LogP contribution < -0.4 is 0 Å². The fourth-order valence-electron chi connectivity index (χ4n) is 1.75. The highest BCUT2D eigenvalue weighted by Crippen LogP contribution is 2.48. The molecule has 0 saturated heterocycles. The smallest absolute Gasteiger partial charge is 0.309 e. The van der Waals surface area contributed by atoms with Gasteiger partial charge in [0.2, 0.25) is 0 Å². The van der Waals surface area contributed by atoms with Gasteiger partial charge in [-0.3, -0.25) is 4.79 Å². The van der Waals surface area contributed by atoms with Gasteiger partial charge in [-0.05, 0) is 43.4 Å². The van der Waals surface area contributed by atoms with E-state index < -0.39 is 11.4 Å². The molecule has 1 aliphatic rings. The Morgan fingerprint density at radius 2 is 2.20 bits per heavy atom. The van der Waals surface area contributed by atoms with Crippen molar-refractivity contribution in [1.82, 2.24) is 0 Å². The van der Waals surface area contributed by atoms with Crippen molar-refractivity contribution in [3.63, 3.8) is 0 Å². The Balaban J connectivity index is 2.18. The number of aryl methyl sites for hydroxylation is 1. The van der Waals surface area contributed by atoms with Crippen molar-refractivity contribution in [3.8, 4) is 0 Å². The van der Waals surface area contributed by atoms with Crippen molar-refractivity contribution >= 4 is 21.9 Å². The number of carboxylic acids is 1. The average molecular weight is 269 g/mol. The summed E-state index contributed by atoms with van der Waals surface area (Å²) < 4.78 is 1.06. The first kappa shape index (κ1) is 10.7. The first-order chi connectivity index (χ1) is 7.03. The summed E-state index contributed by atoms with van der Waals surface area (Å²) in [5.74, 6) is -0.654. The molecular weight excluding hydrogens is 256 g/mol. The number of carboxylic acid groups (broad SMARTS) is 1. The second-order valence-corrected chi connectivity index (χ2v) is 5.20. The molecular formula is C12H13BrO2. The van der Waals surface area contributed by atoms with Crippen molar-refractivity contribution in [1.29, 1.82) is 0 Å². The minimum atomic E-state index is -0.654. The second-order valence-electron chi connectivity index (χ2n) is 4.35. The van der Waals surface area contributed by atoms with Crippen molar-refractivity contribution in [3.05, 3.63) is 33.8 Å². The highest BCUT2D eigenvalue weighted by atomic mass is 79.9. The summed E-state index contributed by atoms with van der Waals surface area (Å²) in [6.45, 7) is 2.03. The Bertz CT molecular complexity index is 408. The van der Waals surface area contributed by atoms with E-state index in [0.717, 1.165) is 22.9 Å². The number of benzene rings is 1. The van der Waals surface area contributed by atoms with Gasteiger partial charge in [0.05, 0.1) is 5.41 Å². The van der Waals surface area contributed by atoms with Crippen molar-refractivity contribution in [2.75, 3.05) is 0 Å². The van der Waals surface area contributed by atoms with Gasteiger partial charge in [0.15, 0.2) is 0 Å². The number of rotatable bonds is 3. The summed E-state index contributed by atoms with van der Waals surface area (Å²) in [5.41, 5.74) is 1.82. The van der Waals surface area contributed by atoms with Crippen LogP contribution in [0, 0.1) is 12.3 Å². The lowest BCUT2D eigenvalue weighted by molar-refractivity contribution is -0.143. The van der Waals surface area contributed by atoms with E-state index in [-0.39, 0.29) is 0 Å². The van der Waals surface area contributed by atoms with Gasteiger partial charge in [0.25, 0.3) is 0 Å². The van der Waals surface area contributed by atoms with Gasteiger partial charge in [0.1, 0.15) is 0 Å². The second kappa shape index (κ2) is 3.63. The van der Waals surface area contributed by atoms with Crippen molar-refractivity contribution < 1.29 is 9.90 Å². The van der Waals surface area contributed by atoms with Gasteiger partial charge in [-0.25, -0.2) is 0 Å². The largest absolute Gasteiger partial charge is 0.481 e. The Kier molecular flexibility index (Phi) is 2.59. The zero-order valence-corrected chi connectivity index (χ0v) is 10.2. The number of halogens is 1. The van der Waals surface area contributed by atoms with E-state index >= 15 is 0 Å². The van der Waals surface area contributed by atoms with Crippen LogP contribution in [-0.4, -0.2) is 11.1 Å². The molecule has 0 bridgehead atoms. The predicted molar refractivity (Wildman–Crippen MR) is 61.9 cm³/mol. The molecule has 0 aromatic heterocycles. The maximum atomic E-state index is 11.0. The molecule has 1 aromatic carbocycles. The Labute approximate surface area is 97.4 Å². The lowest BCUT2D eigenvalue weighted by Gasteiger charge is -2.10. The van der Waals surface area contributed by atoms with Crippen LogP contribution in [0.3, 0.4) is 0 Å². The maximum Gasteiger partial charge on any atom is 0.309 e. The number of hydrogen-bond acceptors (Lipinski definition) is 1. The fraction of sp³-hybridized carbons (Fsp3) is 0.417.